The number of carbonyl (C=O) groups is 2. The third kappa shape index (κ3) is 3.41. The van der Waals surface area contributed by atoms with Crippen LogP contribution in [0.4, 0.5) is 5.69 Å². The predicted molar refractivity (Wildman–Crippen MR) is 62.9 cm³/mol. The summed E-state index contributed by atoms with van der Waals surface area (Å²) in [6.45, 7) is 0. The summed E-state index contributed by atoms with van der Waals surface area (Å²) < 4.78 is 0. The van der Waals surface area contributed by atoms with Crippen molar-refractivity contribution in [3.8, 4) is 0 Å². The fourth-order valence-electron chi connectivity index (χ4n) is 1.29. The lowest BCUT2D eigenvalue weighted by Gasteiger charge is -2.00. The maximum absolute atomic E-state index is 10.9. The zero-order valence-electron chi connectivity index (χ0n) is 9.20. The number of carboxylic acids is 1. The lowest BCUT2D eigenvalue weighted by molar-refractivity contribution is -0.384. The Morgan fingerprint density at radius 1 is 1.44 bits per heavy atom. The summed E-state index contributed by atoms with van der Waals surface area (Å²) in [6.07, 6.45) is 2.75. The first-order valence-corrected chi connectivity index (χ1v) is 4.88. The Kier molecular flexibility index (Phi) is 4.14. The normalized spacial score (nSPS) is 10.4. The molecule has 0 spiro atoms. The van der Waals surface area contributed by atoms with E-state index in [0.29, 0.717) is 0 Å². The third-order valence-electron chi connectivity index (χ3n) is 2.09. The third-order valence-corrected chi connectivity index (χ3v) is 2.09. The monoisotopic (exact) mass is 250 g/mol. The van der Waals surface area contributed by atoms with Gasteiger partial charge in [0.15, 0.2) is 0 Å². The minimum atomic E-state index is -1.28. The van der Waals surface area contributed by atoms with E-state index in [1.165, 1.54) is 24.3 Å². The summed E-state index contributed by atoms with van der Waals surface area (Å²) >= 11 is 0. The van der Waals surface area contributed by atoms with Crippen molar-refractivity contribution in [1.29, 1.82) is 0 Å². The zero-order valence-corrected chi connectivity index (χ0v) is 9.20. The molecule has 0 saturated carbocycles. The van der Waals surface area contributed by atoms with Crippen molar-refractivity contribution in [1.82, 2.24) is 0 Å². The first-order valence-electron chi connectivity index (χ1n) is 4.88. The molecule has 18 heavy (non-hydrogen) atoms. The molecule has 3 N–H and O–H groups in total. The minimum Gasteiger partial charge on any atom is -0.478 e. The second kappa shape index (κ2) is 5.58. The van der Waals surface area contributed by atoms with Crippen molar-refractivity contribution >= 4 is 23.6 Å². The average Bonchev–Trinajstić information content (AvgIpc) is 2.28. The van der Waals surface area contributed by atoms with Gasteiger partial charge in [0, 0.05) is 18.6 Å². The summed E-state index contributed by atoms with van der Waals surface area (Å²) in [5.74, 6) is -1.83. The molecule has 94 valence electrons. The van der Waals surface area contributed by atoms with E-state index < -0.39 is 16.8 Å². The molecule has 1 amide bonds. The van der Waals surface area contributed by atoms with E-state index in [9.17, 15) is 19.7 Å². The molecule has 0 aromatic heterocycles. The van der Waals surface area contributed by atoms with Crippen LogP contribution in [0.2, 0.25) is 0 Å². The summed E-state index contributed by atoms with van der Waals surface area (Å²) in [7, 11) is 0. The number of rotatable bonds is 5. The number of benzene rings is 1. The molecule has 0 saturated heterocycles. The number of carbonyl (C=O) groups excluding carboxylic acids is 1. The lowest BCUT2D eigenvalue weighted by Crippen LogP contribution is -2.08. The second-order valence-electron chi connectivity index (χ2n) is 3.41. The van der Waals surface area contributed by atoms with Crippen LogP contribution in [0, 0.1) is 10.1 Å². The molecule has 0 bridgehead atoms. The van der Waals surface area contributed by atoms with Crippen LogP contribution in [0.1, 0.15) is 22.3 Å². The summed E-state index contributed by atoms with van der Waals surface area (Å²) in [6, 6.07) is 3.46. The number of aromatic carboxylic acids is 1. The van der Waals surface area contributed by atoms with Crippen LogP contribution in [0.15, 0.2) is 24.3 Å². The number of primary amides is 1. The minimum absolute atomic E-state index is 0.0317. The summed E-state index contributed by atoms with van der Waals surface area (Å²) in [4.78, 5) is 31.3. The van der Waals surface area contributed by atoms with E-state index in [1.54, 1.807) is 0 Å². The van der Waals surface area contributed by atoms with Crippen LogP contribution < -0.4 is 5.73 Å². The van der Waals surface area contributed by atoms with Gasteiger partial charge in [-0.25, -0.2) is 4.79 Å². The number of carboxylic acid groups (broad SMARTS) is 1. The largest absolute Gasteiger partial charge is 0.478 e. The number of non-ortho nitro benzene ring substituents is 1. The van der Waals surface area contributed by atoms with Crippen LogP contribution in [0.25, 0.3) is 6.08 Å². The molecule has 0 aliphatic rings. The molecule has 0 radical (unpaired) electrons. The van der Waals surface area contributed by atoms with Crippen LogP contribution >= 0.6 is 0 Å². The maximum atomic E-state index is 10.9. The molecule has 7 heteroatoms. The highest BCUT2D eigenvalue weighted by molar-refractivity contribution is 5.93. The highest BCUT2D eigenvalue weighted by Gasteiger charge is 2.14. The first-order chi connectivity index (χ1) is 8.41. The fraction of sp³-hybridized carbons (Fsp3) is 0.0909. The Morgan fingerprint density at radius 3 is 2.61 bits per heavy atom. The van der Waals surface area contributed by atoms with Gasteiger partial charge in [0.2, 0.25) is 5.91 Å². The van der Waals surface area contributed by atoms with Crippen molar-refractivity contribution in [3.63, 3.8) is 0 Å². The van der Waals surface area contributed by atoms with Gasteiger partial charge in [0.05, 0.1) is 10.5 Å². The molecule has 0 atom stereocenters. The Balaban J connectivity index is 3.12. The highest BCUT2D eigenvalue weighted by Crippen LogP contribution is 2.19. The van der Waals surface area contributed by atoms with Gasteiger partial charge in [-0.15, -0.1) is 0 Å². The van der Waals surface area contributed by atoms with Crippen molar-refractivity contribution in [2.45, 2.75) is 6.42 Å². The number of amides is 1. The van der Waals surface area contributed by atoms with E-state index in [1.807, 2.05) is 0 Å². The molecule has 7 nitrogen and oxygen atoms in total. The van der Waals surface area contributed by atoms with Gasteiger partial charge in [-0.2, -0.15) is 0 Å². The molecule has 0 aliphatic carbocycles. The van der Waals surface area contributed by atoms with E-state index in [0.717, 1.165) is 6.07 Å². The standard InChI is InChI=1S/C11H10N2O5/c12-10(14)3-1-2-7-4-5-8(13(17)18)6-9(7)11(15)16/h1-2,4-6H,3H2,(H2,12,14)(H,15,16). The average molecular weight is 250 g/mol. The van der Waals surface area contributed by atoms with Crippen molar-refractivity contribution in [2.75, 3.05) is 0 Å². The number of hydrogen-bond donors (Lipinski definition) is 2. The molecule has 1 rings (SSSR count). The van der Waals surface area contributed by atoms with Gasteiger partial charge in [0.1, 0.15) is 0 Å². The maximum Gasteiger partial charge on any atom is 0.336 e. The van der Waals surface area contributed by atoms with Gasteiger partial charge < -0.3 is 10.8 Å². The molecule has 0 fully saturated rings. The Labute approximate surface area is 102 Å². The van der Waals surface area contributed by atoms with Gasteiger partial charge in [0.25, 0.3) is 5.69 Å². The van der Waals surface area contributed by atoms with Crippen LogP contribution in [0.3, 0.4) is 0 Å². The van der Waals surface area contributed by atoms with Gasteiger partial charge in [-0.3, -0.25) is 14.9 Å². The topological polar surface area (TPSA) is 124 Å². The van der Waals surface area contributed by atoms with Crippen molar-refractivity contribution in [2.24, 2.45) is 5.73 Å². The number of nitro groups is 1. The van der Waals surface area contributed by atoms with Crippen molar-refractivity contribution < 1.29 is 19.6 Å². The van der Waals surface area contributed by atoms with Crippen LogP contribution in [-0.4, -0.2) is 21.9 Å². The summed E-state index contributed by atoms with van der Waals surface area (Å²) in [5, 5.41) is 19.5. The molecular formula is C11H10N2O5. The Morgan fingerprint density at radius 2 is 2.11 bits per heavy atom. The smallest absolute Gasteiger partial charge is 0.336 e. The molecular weight excluding hydrogens is 240 g/mol. The highest BCUT2D eigenvalue weighted by atomic mass is 16.6. The molecule has 0 aliphatic heterocycles. The van der Waals surface area contributed by atoms with Gasteiger partial charge >= 0.3 is 5.97 Å². The Hall–Kier alpha value is -2.70. The molecule has 1 aromatic rings. The molecule has 0 heterocycles. The number of nitrogens with zero attached hydrogens (tertiary/aromatic N) is 1. The van der Waals surface area contributed by atoms with Crippen LogP contribution in [0.5, 0.6) is 0 Å². The van der Waals surface area contributed by atoms with Gasteiger partial charge in [-0.1, -0.05) is 12.2 Å². The van der Waals surface area contributed by atoms with E-state index >= 15 is 0 Å². The SMILES string of the molecule is NC(=O)CC=Cc1ccc([N+](=O)[O-])cc1C(=O)O. The van der Waals surface area contributed by atoms with Crippen molar-refractivity contribution in [3.05, 3.63) is 45.5 Å². The number of hydrogen-bond acceptors (Lipinski definition) is 4. The van der Waals surface area contributed by atoms with E-state index in [4.69, 9.17) is 10.8 Å². The number of nitro benzene ring substituents is 1. The number of nitrogens with two attached hydrogens (primary N) is 1. The summed E-state index contributed by atoms with van der Waals surface area (Å²) in [5.41, 5.74) is 4.69. The van der Waals surface area contributed by atoms with E-state index in [2.05, 4.69) is 0 Å². The second-order valence-corrected chi connectivity index (χ2v) is 3.41. The van der Waals surface area contributed by atoms with E-state index in [-0.39, 0.29) is 23.2 Å². The molecule has 1 aromatic carbocycles. The van der Waals surface area contributed by atoms with Gasteiger partial charge in [-0.05, 0) is 11.6 Å². The zero-order chi connectivity index (χ0) is 13.7. The predicted octanol–water partition coefficient (Wildman–Crippen LogP) is 1.18. The lowest BCUT2D eigenvalue weighted by atomic mass is 10.1. The Bertz CT molecular complexity index is 536. The van der Waals surface area contributed by atoms with Crippen LogP contribution in [-0.2, 0) is 4.79 Å². The molecule has 0 unspecified atom stereocenters. The fourth-order valence-corrected chi connectivity index (χ4v) is 1.29. The first kappa shape index (κ1) is 13.4. The quantitative estimate of drug-likeness (QED) is 0.599.